The third-order valence-corrected chi connectivity index (χ3v) is 3.98. The minimum atomic E-state index is -0.199. The molecular formula is C22H32IN5O. The highest BCUT2D eigenvalue weighted by atomic mass is 127. The van der Waals surface area contributed by atoms with Crippen LogP contribution in [0.1, 0.15) is 37.5 Å². The maximum absolute atomic E-state index is 11.7. The van der Waals surface area contributed by atoms with Crippen LogP contribution in [0.3, 0.4) is 0 Å². The van der Waals surface area contributed by atoms with Crippen molar-refractivity contribution >= 4 is 41.7 Å². The largest absolute Gasteiger partial charge is 0.357 e. The zero-order valence-corrected chi connectivity index (χ0v) is 19.9. The van der Waals surface area contributed by atoms with Gasteiger partial charge in [0.15, 0.2) is 5.96 Å². The third-order valence-electron chi connectivity index (χ3n) is 3.98. The van der Waals surface area contributed by atoms with E-state index in [-0.39, 0.29) is 36.0 Å². The first-order chi connectivity index (χ1) is 13.5. The molecule has 2 rings (SSSR count). The second-order valence-electron chi connectivity index (χ2n) is 6.98. The Morgan fingerprint density at radius 3 is 2.17 bits per heavy atom. The molecule has 0 saturated heterocycles. The summed E-state index contributed by atoms with van der Waals surface area (Å²) in [7, 11) is 0. The van der Waals surface area contributed by atoms with E-state index in [0.29, 0.717) is 6.54 Å². The van der Waals surface area contributed by atoms with Crippen LogP contribution in [0.2, 0.25) is 0 Å². The number of aliphatic imine (C=N–C) groups is 1. The zero-order valence-electron chi connectivity index (χ0n) is 17.6. The Morgan fingerprint density at radius 1 is 0.966 bits per heavy atom. The molecule has 2 amide bonds. The maximum atomic E-state index is 11.7. The van der Waals surface area contributed by atoms with Crippen molar-refractivity contribution in [2.75, 3.05) is 11.9 Å². The second kappa shape index (κ2) is 13.0. The van der Waals surface area contributed by atoms with Crippen molar-refractivity contribution in [1.29, 1.82) is 0 Å². The Balaban J connectivity index is 0.00000420. The molecule has 6 nitrogen and oxygen atoms in total. The van der Waals surface area contributed by atoms with Crippen molar-refractivity contribution in [2.24, 2.45) is 4.99 Å². The van der Waals surface area contributed by atoms with Crippen LogP contribution in [0.25, 0.3) is 0 Å². The first-order valence-electron chi connectivity index (χ1n) is 9.70. The lowest BCUT2D eigenvalue weighted by atomic mass is 10.1. The van der Waals surface area contributed by atoms with Gasteiger partial charge in [0.2, 0.25) is 0 Å². The highest BCUT2D eigenvalue weighted by Crippen LogP contribution is 2.10. The van der Waals surface area contributed by atoms with Crippen molar-refractivity contribution in [3.63, 3.8) is 0 Å². The third kappa shape index (κ3) is 9.65. The summed E-state index contributed by atoms with van der Waals surface area (Å²) in [5, 5.41) is 12.2. The van der Waals surface area contributed by atoms with Crippen LogP contribution in [-0.2, 0) is 13.1 Å². The zero-order chi connectivity index (χ0) is 20.4. The lowest BCUT2D eigenvalue weighted by Gasteiger charge is -2.12. The summed E-state index contributed by atoms with van der Waals surface area (Å²) in [6.45, 7) is 10.1. The van der Waals surface area contributed by atoms with Crippen LogP contribution < -0.4 is 21.3 Å². The number of carbonyl (C=O) groups excluding carboxylic acids is 1. The number of aryl methyl sites for hydroxylation is 1. The van der Waals surface area contributed by atoms with Crippen LogP contribution in [0.5, 0.6) is 0 Å². The van der Waals surface area contributed by atoms with Gasteiger partial charge in [0.25, 0.3) is 0 Å². The van der Waals surface area contributed by atoms with E-state index in [1.165, 1.54) is 11.1 Å². The number of guanidine groups is 1. The van der Waals surface area contributed by atoms with Gasteiger partial charge in [-0.05, 0) is 51.0 Å². The molecule has 2 aromatic rings. The van der Waals surface area contributed by atoms with Gasteiger partial charge in [-0.25, -0.2) is 9.79 Å². The summed E-state index contributed by atoms with van der Waals surface area (Å²) in [5.74, 6) is 0.779. The summed E-state index contributed by atoms with van der Waals surface area (Å²) in [5.41, 5.74) is 4.30. The van der Waals surface area contributed by atoms with E-state index in [0.717, 1.165) is 30.3 Å². The predicted molar refractivity (Wildman–Crippen MR) is 132 cm³/mol. The van der Waals surface area contributed by atoms with Crippen LogP contribution in [0, 0.1) is 6.92 Å². The summed E-state index contributed by atoms with van der Waals surface area (Å²) in [6, 6.07) is 16.1. The Hall–Kier alpha value is -2.29. The van der Waals surface area contributed by atoms with Gasteiger partial charge in [0.1, 0.15) is 0 Å². The average molecular weight is 509 g/mol. The molecule has 2 aromatic carbocycles. The number of hydrogen-bond acceptors (Lipinski definition) is 2. The fourth-order valence-corrected chi connectivity index (χ4v) is 2.53. The molecule has 0 aliphatic heterocycles. The average Bonchev–Trinajstić information content (AvgIpc) is 2.66. The van der Waals surface area contributed by atoms with Crippen LogP contribution in [0.15, 0.2) is 53.5 Å². The molecule has 0 fully saturated rings. The summed E-state index contributed by atoms with van der Waals surface area (Å²) < 4.78 is 0. The van der Waals surface area contributed by atoms with E-state index >= 15 is 0 Å². The van der Waals surface area contributed by atoms with Gasteiger partial charge in [0, 0.05) is 24.8 Å². The van der Waals surface area contributed by atoms with E-state index in [9.17, 15) is 4.79 Å². The molecule has 0 radical (unpaired) electrons. The number of rotatable bonds is 7. The number of nitrogens with zero attached hydrogens (tertiary/aromatic N) is 1. The SMILES string of the molecule is CCNC(=NCc1ccc(NC(=O)NC(C)C)cc1)NCc1ccc(C)cc1.I. The van der Waals surface area contributed by atoms with E-state index in [2.05, 4.69) is 57.4 Å². The molecule has 0 saturated carbocycles. The number of carbonyl (C=O) groups is 1. The van der Waals surface area contributed by atoms with Crippen LogP contribution >= 0.6 is 24.0 Å². The molecule has 0 aromatic heterocycles. The van der Waals surface area contributed by atoms with E-state index in [1.807, 2.05) is 45.0 Å². The molecule has 0 heterocycles. The van der Waals surface area contributed by atoms with Gasteiger partial charge in [-0.15, -0.1) is 24.0 Å². The number of urea groups is 1. The number of amides is 2. The fraction of sp³-hybridized carbons (Fsp3) is 0.364. The van der Waals surface area contributed by atoms with Crippen LogP contribution in [0.4, 0.5) is 10.5 Å². The summed E-state index contributed by atoms with van der Waals surface area (Å²) in [6.07, 6.45) is 0. The highest BCUT2D eigenvalue weighted by Gasteiger charge is 2.03. The van der Waals surface area contributed by atoms with Gasteiger partial charge < -0.3 is 21.3 Å². The van der Waals surface area contributed by atoms with E-state index < -0.39 is 0 Å². The lowest BCUT2D eigenvalue weighted by molar-refractivity contribution is 0.250. The quantitative estimate of drug-likeness (QED) is 0.254. The van der Waals surface area contributed by atoms with E-state index in [4.69, 9.17) is 0 Å². The Bertz CT molecular complexity index is 773. The molecule has 7 heteroatoms. The number of hydrogen-bond donors (Lipinski definition) is 4. The van der Waals surface area contributed by atoms with Gasteiger partial charge in [-0.3, -0.25) is 0 Å². The molecule has 29 heavy (non-hydrogen) atoms. The second-order valence-corrected chi connectivity index (χ2v) is 6.98. The Morgan fingerprint density at radius 2 is 1.59 bits per heavy atom. The molecule has 0 bridgehead atoms. The van der Waals surface area contributed by atoms with Crippen molar-refractivity contribution < 1.29 is 4.79 Å². The number of nitrogens with one attached hydrogen (secondary N) is 4. The molecule has 0 atom stereocenters. The van der Waals surface area contributed by atoms with Gasteiger partial charge >= 0.3 is 6.03 Å². The minimum absolute atomic E-state index is 0. The van der Waals surface area contributed by atoms with E-state index in [1.54, 1.807) is 0 Å². The van der Waals surface area contributed by atoms with Crippen molar-refractivity contribution in [3.05, 3.63) is 65.2 Å². The number of halogens is 1. The highest BCUT2D eigenvalue weighted by molar-refractivity contribution is 14.0. The molecule has 4 N–H and O–H groups in total. The normalized spacial score (nSPS) is 10.9. The molecule has 0 aliphatic rings. The Labute approximate surface area is 191 Å². The molecule has 0 aliphatic carbocycles. The van der Waals surface area contributed by atoms with Crippen molar-refractivity contribution in [1.82, 2.24) is 16.0 Å². The molecule has 0 spiro atoms. The molecular weight excluding hydrogens is 477 g/mol. The van der Waals surface area contributed by atoms with Gasteiger partial charge in [0.05, 0.1) is 6.54 Å². The van der Waals surface area contributed by atoms with Crippen LogP contribution in [-0.4, -0.2) is 24.6 Å². The van der Waals surface area contributed by atoms with Crippen molar-refractivity contribution in [2.45, 2.75) is 46.8 Å². The summed E-state index contributed by atoms with van der Waals surface area (Å²) in [4.78, 5) is 16.4. The monoisotopic (exact) mass is 509 g/mol. The van der Waals surface area contributed by atoms with Gasteiger partial charge in [-0.1, -0.05) is 42.0 Å². The predicted octanol–water partition coefficient (Wildman–Crippen LogP) is 4.40. The number of benzene rings is 2. The maximum Gasteiger partial charge on any atom is 0.319 e. The van der Waals surface area contributed by atoms with Crippen molar-refractivity contribution in [3.8, 4) is 0 Å². The topological polar surface area (TPSA) is 77.5 Å². The number of anilines is 1. The minimum Gasteiger partial charge on any atom is -0.357 e. The molecule has 158 valence electrons. The summed E-state index contributed by atoms with van der Waals surface area (Å²) >= 11 is 0. The Kier molecular flexibility index (Phi) is 11.1. The standard InChI is InChI=1S/C22H31N5O.HI/c1-5-23-21(24-14-18-8-6-17(4)7-9-18)25-15-19-10-12-20(13-11-19)27-22(28)26-16(2)3;/h6-13,16H,5,14-15H2,1-4H3,(H2,23,24,25)(H2,26,27,28);1H. The first kappa shape index (κ1) is 24.7. The van der Waals surface area contributed by atoms with Gasteiger partial charge in [-0.2, -0.15) is 0 Å². The lowest BCUT2D eigenvalue weighted by Crippen LogP contribution is -2.36. The first-order valence-corrected chi connectivity index (χ1v) is 9.70. The molecule has 0 unspecified atom stereocenters. The fourth-order valence-electron chi connectivity index (χ4n) is 2.53. The smallest absolute Gasteiger partial charge is 0.319 e.